The number of rotatable bonds is 3. The van der Waals surface area contributed by atoms with Crippen molar-refractivity contribution in [1.82, 2.24) is 4.90 Å². The first-order valence-corrected chi connectivity index (χ1v) is 9.54. The van der Waals surface area contributed by atoms with Crippen molar-refractivity contribution in [3.05, 3.63) is 64.7 Å². The van der Waals surface area contributed by atoms with Crippen LogP contribution in [0.25, 0.3) is 0 Å². The number of nitrogens with one attached hydrogen (secondary N) is 1. The van der Waals surface area contributed by atoms with Crippen LogP contribution in [0.4, 0.5) is 5.69 Å². The molecule has 2 atom stereocenters. The van der Waals surface area contributed by atoms with Crippen LogP contribution in [0.2, 0.25) is 5.02 Å². The lowest BCUT2D eigenvalue weighted by Crippen LogP contribution is -2.53. The SMILES string of the molecule is O=C(O)C1CCN(C2C(=O)Nc3ccc(Cl)cc3C2c2ccccc2)CC1. The highest BCUT2D eigenvalue weighted by Crippen LogP contribution is 2.41. The van der Waals surface area contributed by atoms with Gasteiger partial charge in [0, 0.05) is 16.6 Å². The highest BCUT2D eigenvalue weighted by molar-refractivity contribution is 6.30. The number of halogens is 1. The number of hydrogen-bond acceptors (Lipinski definition) is 3. The van der Waals surface area contributed by atoms with Crippen molar-refractivity contribution in [2.24, 2.45) is 5.92 Å². The average Bonchev–Trinajstić information content (AvgIpc) is 2.68. The zero-order valence-corrected chi connectivity index (χ0v) is 15.5. The fourth-order valence-electron chi connectivity index (χ4n) is 4.26. The van der Waals surface area contributed by atoms with Crippen molar-refractivity contribution in [1.29, 1.82) is 0 Å². The molecule has 2 aromatic rings. The molecule has 0 spiro atoms. The van der Waals surface area contributed by atoms with E-state index in [0.29, 0.717) is 31.0 Å². The third kappa shape index (κ3) is 3.45. The molecule has 2 N–H and O–H groups in total. The molecule has 1 amide bonds. The summed E-state index contributed by atoms with van der Waals surface area (Å²) in [5, 5.41) is 12.9. The molecule has 140 valence electrons. The molecular weight excluding hydrogens is 364 g/mol. The van der Waals surface area contributed by atoms with E-state index >= 15 is 0 Å². The summed E-state index contributed by atoms with van der Waals surface area (Å²) in [6.07, 6.45) is 1.12. The highest BCUT2D eigenvalue weighted by atomic mass is 35.5. The molecule has 1 fully saturated rings. The summed E-state index contributed by atoms with van der Waals surface area (Å²) in [4.78, 5) is 26.4. The Balaban J connectivity index is 1.73. The van der Waals surface area contributed by atoms with Gasteiger partial charge in [-0.3, -0.25) is 14.5 Å². The summed E-state index contributed by atoms with van der Waals surface area (Å²) in [6.45, 7) is 1.18. The Bertz CT molecular complexity index is 863. The molecule has 4 rings (SSSR count). The zero-order valence-electron chi connectivity index (χ0n) is 14.8. The minimum absolute atomic E-state index is 0.0487. The lowest BCUT2D eigenvalue weighted by Gasteiger charge is -2.42. The van der Waals surface area contributed by atoms with Crippen LogP contribution in [0.3, 0.4) is 0 Å². The van der Waals surface area contributed by atoms with Crippen LogP contribution in [0.5, 0.6) is 0 Å². The molecule has 2 aliphatic heterocycles. The predicted molar refractivity (Wildman–Crippen MR) is 104 cm³/mol. The number of anilines is 1. The zero-order chi connectivity index (χ0) is 19.0. The number of carbonyl (C=O) groups is 2. The number of amides is 1. The first kappa shape index (κ1) is 18.0. The van der Waals surface area contributed by atoms with Gasteiger partial charge in [0.2, 0.25) is 5.91 Å². The Morgan fingerprint density at radius 3 is 2.48 bits per heavy atom. The van der Waals surface area contributed by atoms with Crippen LogP contribution >= 0.6 is 11.6 Å². The van der Waals surface area contributed by atoms with E-state index in [-0.39, 0.29) is 23.8 Å². The number of carboxylic acids is 1. The van der Waals surface area contributed by atoms with Gasteiger partial charge in [0.25, 0.3) is 0 Å². The molecule has 27 heavy (non-hydrogen) atoms. The molecule has 2 aromatic carbocycles. The average molecular weight is 385 g/mol. The van der Waals surface area contributed by atoms with Gasteiger partial charge in [-0.1, -0.05) is 41.9 Å². The maximum Gasteiger partial charge on any atom is 0.306 e. The third-order valence-electron chi connectivity index (χ3n) is 5.62. The van der Waals surface area contributed by atoms with Gasteiger partial charge in [-0.05, 0) is 55.3 Å². The first-order chi connectivity index (χ1) is 13.0. The Hall–Kier alpha value is -2.37. The second-order valence-corrected chi connectivity index (χ2v) is 7.64. The quantitative estimate of drug-likeness (QED) is 0.848. The summed E-state index contributed by atoms with van der Waals surface area (Å²) in [7, 11) is 0. The van der Waals surface area contributed by atoms with E-state index in [4.69, 9.17) is 11.6 Å². The molecule has 1 saturated heterocycles. The second kappa shape index (κ2) is 7.33. The molecule has 6 heteroatoms. The van der Waals surface area contributed by atoms with Gasteiger partial charge in [-0.15, -0.1) is 0 Å². The number of carbonyl (C=O) groups excluding carboxylic acids is 1. The molecule has 0 radical (unpaired) electrons. The van der Waals surface area contributed by atoms with Crippen molar-refractivity contribution in [2.45, 2.75) is 24.8 Å². The topological polar surface area (TPSA) is 69.6 Å². The number of aliphatic carboxylic acids is 1. The third-order valence-corrected chi connectivity index (χ3v) is 5.86. The summed E-state index contributed by atoms with van der Waals surface area (Å²) in [5.41, 5.74) is 2.84. The van der Waals surface area contributed by atoms with Gasteiger partial charge < -0.3 is 10.4 Å². The number of fused-ring (bicyclic) bond motifs is 1. The number of likely N-dealkylation sites (tertiary alicyclic amines) is 1. The summed E-state index contributed by atoms with van der Waals surface area (Å²) >= 11 is 6.26. The number of carboxylic acid groups (broad SMARTS) is 1. The summed E-state index contributed by atoms with van der Waals surface area (Å²) in [6, 6.07) is 15.1. The first-order valence-electron chi connectivity index (χ1n) is 9.16. The molecule has 2 heterocycles. The second-order valence-electron chi connectivity index (χ2n) is 7.20. The van der Waals surface area contributed by atoms with E-state index < -0.39 is 5.97 Å². The molecule has 0 saturated carbocycles. The Labute approximate surface area is 162 Å². The minimum atomic E-state index is -0.750. The number of hydrogen-bond donors (Lipinski definition) is 2. The fraction of sp³-hybridized carbons (Fsp3) is 0.333. The largest absolute Gasteiger partial charge is 0.481 e. The minimum Gasteiger partial charge on any atom is -0.481 e. The number of piperidine rings is 1. The van der Waals surface area contributed by atoms with Crippen molar-refractivity contribution >= 4 is 29.2 Å². The van der Waals surface area contributed by atoms with Gasteiger partial charge in [0.1, 0.15) is 6.04 Å². The Morgan fingerprint density at radius 2 is 1.81 bits per heavy atom. The lowest BCUT2D eigenvalue weighted by atomic mass is 9.79. The van der Waals surface area contributed by atoms with E-state index in [9.17, 15) is 14.7 Å². The van der Waals surface area contributed by atoms with Gasteiger partial charge >= 0.3 is 5.97 Å². The molecule has 5 nitrogen and oxygen atoms in total. The molecule has 0 aliphatic carbocycles. The van der Waals surface area contributed by atoms with Crippen molar-refractivity contribution in [2.75, 3.05) is 18.4 Å². The van der Waals surface area contributed by atoms with Crippen LogP contribution in [0.15, 0.2) is 48.5 Å². The molecule has 2 unspecified atom stereocenters. The lowest BCUT2D eigenvalue weighted by molar-refractivity contribution is -0.143. The Kier molecular flexibility index (Phi) is 4.89. The fourth-order valence-corrected chi connectivity index (χ4v) is 4.44. The van der Waals surface area contributed by atoms with Crippen molar-refractivity contribution in [3.8, 4) is 0 Å². The number of nitrogens with zero attached hydrogens (tertiary/aromatic N) is 1. The molecule has 0 aromatic heterocycles. The van der Waals surface area contributed by atoms with Crippen LogP contribution < -0.4 is 5.32 Å². The highest BCUT2D eigenvalue weighted by Gasteiger charge is 2.42. The van der Waals surface area contributed by atoms with Crippen LogP contribution in [0.1, 0.15) is 29.9 Å². The monoisotopic (exact) mass is 384 g/mol. The van der Waals surface area contributed by atoms with E-state index in [0.717, 1.165) is 16.8 Å². The van der Waals surface area contributed by atoms with E-state index in [1.807, 2.05) is 42.5 Å². The summed E-state index contributed by atoms with van der Waals surface area (Å²) < 4.78 is 0. The standard InChI is InChI=1S/C21H21ClN2O3/c22-15-6-7-17-16(12-15)18(13-4-2-1-3-5-13)19(20(25)23-17)24-10-8-14(9-11-24)21(26)27/h1-7,12,14,18-19H,8-11H2,(H,23,25)(H,26,27). The van der Waals surface area contributed by atoms with Crippen molar-refractivity contribution in [3.63, 3.8) is 0 Å². The van der Waals surface area contributed by atoms with Gasteiger partial charge in [-0.25, -0.2) is 0 Å². The molecule has 2 aliphatic rings. The van der Waals surface area contributed by atoms with Crippen LogP contribution in [-0.2, 0) is 9.59 Å². The van der Waals surface area contributed by atoms with Gasteiger partial charge in [0.05, 0.1) is 5.92 Å². The van der Waals surface area contributed by atoms with E-state index in [1.165, 1.54) is 0 Å². The van der Waals surface area contributed by atoms with Gasteiger partial charge in [-0.2, -0.15) is 0 Å². The predicted octanol–water partition coefficient (Wildman–Crippen LogP) is 3.59. The van der Waals surface area contributed by atoms with Crippen LogP contribution in [-0.4, -0.2) is 41.0 Å². The van der Waals surface area contributed by atoms with Gasteiger partial charge in [0.15, 0.2) is 0 Å². The van der Waals surface area contributed by atoms with E-state index in [1.54, 1.807) is 6.07 Å². The maximum absolute atomic E-state index is 13.0. The van der Waals surface area contributed by atoms with Crippen LogP contribution in [0, 0.1) is 5.92 Å². The molecular formula is C21H21ClN2O3. The van der Waals surface area contributed by atoms with E-state index in [2.05, 4.69) is 10.2 Å². The Morgan fingerprint density at radius 1 is 1.11 bits per heavy atom. The number of benzene rings is 2. The maximum atomic E-state index is 13.0. The van der Waals surface area contributed by atoms with Crippen molar-refractivity contribution < 1.29 is 14.7 Å². The summed E-state index contributed by atoms with van der Waals surface area (Å²) in [5.74, 6) is -1.27. The normalized spacial score (nSPS) is 23.5. The molecule has 0 bridgehead atoms. The smallest absolute Gasteiger partial charge is 0.306 e.